The van der Waals surface area contributed by atoms with Gasteiger partial charge < -0.3 is 15.0 Å². The second-order valence-electron chi connectivity index (χ2n) is 5.04. The molecule has 0 radical (unpaired) electrons. The van der Waals surface area contributed by atoms with Gasteiger partial charge in [-0.05, 0) is 30.9 Å². The lowest BCUT2D eigenvalue weighted by atomic mass is 10.0. The molecule has 3 rings (SSSR count). The lowest BCUT2D eigenvalue weighted by Gasteiger charge is -2.21. The van der Waals surface area contributed by atoms with E-state index >= 15 is 0 Å². The van der Waals surface area contributed by atoms with Crippen LogP contribution in [-0.2, 0) is 4.74 Å². The van der Waals surface area contributed by atoms with Gasteiger partial charge in [0.05, 0.1) is 0 Å². The summed E-state index contributed by atoms with van der Waals surface area (Å²) in [5.74, 6) is 0.518. The SMILES string of the molecule is O=C(NCC1CCOCC1)c1cc2ccccc2[nH]1. The quantitative estimate of drug-likeness (QED) is 0.887. The van der Waals surface area contributed by atoms with E-state index < -0.39 is 0 Å². The Labute approximate surface area is 112 Å². The summed E-state index contributed by atoms with van der Waals surface area (Å²) in [6.45, 7) is 2.36. The Kier molecular flexibility index (Phi) is 3.51. The van der Waals surface area contributed by atoms with Crippen LogP contribution in [0.25, 0.3) is 10.9 Å². The second kappa shape index (κ2) is 5.45. The highest BCUT2D eigenvalue weighted by Crippen LogP contribution is 2.16. The number of rotatable bonds is 3. The number of carbonyl (C=O) groups is 1. The predicted octanol–water partition coefficient (Wildman–Crippen LogP) is 2.32. The van der Waals surface area contributed by atoms with Gasteiger partial charge in [0.1, 0.15) is 5.69 Å². The smallest absolute Gasteiger partial charge is 0.267 e. The minimum atomic E-state index is -0.0253. The molecule has 1 fully saturated rings. The molecule has 0 atom stereocenters. The Morgan fingerprint density at radius 2 is 2.11 bits per heavy atom. The van der Waals surface area contributed by atoms with Gasteiger partial charge in [0.15, 0.2) is 0 Å². The highest BCUT2D eigenvalue weighted by atomic mass is 16.5. The largest absolute Gasteiger partial charge is 0.381 e. The topological polar surface area (TPSA) is 54.1 Å². The van der Waals surface area contributed by atoms with Crippen LogP contribution < -0.4 is 5.32 Å². The first-order chi connectivity index (χ1) is 9.33. The van der Waals surface area contributed by atoms with Gasteiger partial charge in [-0.15, -0.1) is 0 Å². The summed E-state index contributed by atoms with van der Waals surface area (Å²) in [6, 6.07) is 9.81. The van der Waals surface area contributed by atoms with Crippen molar-refractivity contribution in [3.8, 4) is 0 Å². The zero-order valence-corrected chi connectivity index (χ0v) is 10.8. The molecule has 1 saturated heterocycles. The van der Waals surface area contributed by atoms with Crippen molar-refractivity contribution in [1.82, 2.24) is 10.3 Å². The molecule has 1 amide bonds. The van der Waals surface area contributed by atoms with Gasteiger partial charge in [0.2, 0.25) is 0 Å². The molecule has 2 N–H and O–H groups in total. The summed E-state index contributed by atoms with van der Waals surface area (Å²) in [5.41, 5.74) is 1.63. The van der Waals surface area contributed by atoms with Gasteiger partial charge in [-0.25, -0.2) is 0 Å². The molecule has 4 nitrogen and oxygen atoms in total. The Bertz CT molecular complexity index is 537. The first kappa shape index (κ1) is 12.2. The van der Waals surface area contributed by atoms with Crippen LogP contribution in [0.5, 0.6) is 0 Å². The van der Waals surface area contributed by atoms with Crippen molar-refractivity contribution in [2.45, 2.75) is 12.8 Å². The van der Waals surface area contributed by atoms with Crippen molar-refractivity contribution in [3.05, 3.63) is 36.0 Å². The van der Waals surface area contributed by atoms with Crippen LogP contribution in [0, 0.1) is 5.92 Å². The van der Waals surface area contributed by atoms with Gasteiger partial charge >= 0.3 is 0 Å². The number of ether oxygens (including phenoxy) is 1. The van der Waals surface area contributed by atoms with Crippen molar-refractivity contribution in [2.24, 2.45) is 5.92 Å². The third-order valence-electron chi connectivity index (χ3n) is 3.67. The molecule has 1 aliphatic heterocycles. The van der Waals surface area contributed by atoms with Crippen molar-refractivity contribution < 1.29 is 9.53 Å². The normalized spacial score (nSPS) is 16.6. The summed E-state index contributed by atoms with van der Waals surface area (Å²) in [6.07, 6.45) is 2.07. The highest BCUT2D eigenvalue weighted by molar-refractivity contribution is 5.97. The van der Waals surface area contributed by atoms with Gasteiger partial charge in [-0.1, -0.05) is 18.2 Å². The van der Waals surface area contributed by atoms with E-state index in [-0.39, 0.29) is 5.91 Å². The summed E-state index contributed by atoms with van der Waals surface area (Å²) in [4.78, 5) is 15.2. The molecule has 0 aliphatic carbocycles. The molecule has 100 valence electrons. The zero-order chi connectivity index (χ0) is 13.1. The monoisotopic (exact) mass is 258 g/mol. The van der Waals surface area contributed by atoms with E-state index in [2.05, 4.69) is 10.3 Å². The zero-order valence-electron chi connectivity index (χ0n) is 10.8. The molecule has 2 heterocycles. The lowest BCUT2D eigenvalue weighted by molar-refractivity contribution is 0.0642. The second-order valence-corrected chi connectivity index (χ2v) is 5.04. The van der Waals surface area contributed by atoms with Gasteiger partial charge in [-0.2, -0.15) is 0 Å². The van der Waals surface area contributed by atoms with Crippen LogP contribution in [0.2, 0.25) is 0 Å². The Balaban J connectivity index is 1.63. The van der Waals surface area contributed by atoms with E-state index in [1.165, 1.54) is 0 Å². The molecule has 1 aromatic carbocycles. The molecule has 1 aromatic heterocycles. The summed E-state index contributed by atoms with van der Waals surface area (Å²) in [5, 5.41) is 4.07. The number of nitrogens with one attached hydrogen (secondary N) is 2. The highest BCUT2D eigenvalue weighted by Gasteiger charge is 2.16. The maximum atomic E-state index is 12.1. The fourth-order valence-corrected chi connectivity index (χ4v) is 2.48. The number of amides is 1. The third kappa shape index (κ3) is 2.79. The first-order valence-electron chi connectivity index (χ1n) is 6.76. The molecule has 4 heteroatoms. The van der Waals surface area contributed by atoms with Crippen LogP contribution in [0.15, 0.2) is 30.3 Å². The number of H-pyrrole nitrogens is 1. The number of aromatic nitrogens is 1. The minimum absolute atomic E-state index is 0.0253. The van der Waals surface area contributed by atoms with Crippen LogP contribution in [0.3, 0.4) is 0 Å². The number of carbonyl (C=O) groups excluding carboxylic acids is 1. The number of aromatic amines is 1. The van der Waals surface area contributed by atoms with E-state index in [1.54, 1.807) is 0 Å². The van der Waals surface area contributed by atoms with Crippen molar-refractivity contribution in [1.29, 1.82) is 0 Å². The van der Waals surface area contributed by atoms with E-state index in [0.29, 0.717) is 11.6 Å². The summed E-state index contributed by atoms with van der Waals surface area (Å²) < 4.78 is 5.31. The van der Waals surface area contributed by atoms with E-state index in [0.717, 1.165) is 43.5 Å². The average molecular weight is 258 g/mol. The minimum Gasteiger partial charge on any atom is -0.381 e. The molecular formula is C15H18N2O2. The molecule has 0 saturated carbocycles. The van der Waals surface area contributed by atoms with Crippen molar-refractivity contribution in [2.75, 3.05) is 19.8 Å². The maximum absolute atomic E-state index is 12.1. The standard InChI is InChI=1S/C15H18N2O2/c18-15(16-10-11-5-7-19-8-6-11)14-9-12-3-1-2-4-13(12)17-14/h1-4,9,11,17H,5-8,10H2,(H,16,18). The van der Waals surface area contributed by atoms with Gasteiger partial charge in [-0.3, -0.25) is 4.79 Å². The molecule has 0 unspecified atom stereocenters. The Morgan fingerprint density at radius 1 is 1.32 bits per heavy atom. The van der Waals surface area contributed by atoms with E-state index in [4.69, 9.17) is 4.74 Å². The predicted molar refractivity (Wildman–Crippen MR) is 74.2 cm³/mol. The number of fused-ring (bicyclic) bond motifs is 1. The lowest BCUT2D eigenvalue weighted by Crippen LogP contribution is -2.32. The summed E-state index contributed by atoms with van der Waals surface area (Å²) >= 11 is 0. The van der Waals surface area contributed by atoms with Crippen molar-refractivity contribution >= 4 is 16.8 Å². The van der Waals surface area contributed by atoms with Crippen LogP contribution in [0.1, 0.15) is 23.3 Å². The third-order valence-corrected chi connectivity index (χ3v) is 3.67. The Morgan fingerprint density at radius 3 is 2.89 bits per heavy atom. The van der Waals surface area contributed by atoms with Crippen LogP contribution >= 0.6 is 0 Å². The number of benzene rings is 1. The molecular weight excluding hydrogens is 240 g/mol. The van der Waals surface area contributed by atoms with Crippen LogP contribution in [0.4, 0.5) is 0 Å². The number of hydrogen-bond donors (Lipinski definition) is 2. The average Bonchev–Trinajstić information content (AvgIpc) is 2.90. The summed E-state index contributed by atoms with van der Waals surface area (Å²) in [7, 11) is 0. The first-order valence-corrected chi connectivity index (χ1v) is 6.76. The number of hydrogen-bond acceptors (Lipinski definition) is 2. The molecule has 2 aromatic rings. The fourth-order valence-electron chi connectivity index (χ4n) is 2.48. The van der Waals surface area contributed by atoms with Crippen LogP contribution in [-0.4, -0.2) is 30.6 Å². The van der Waals surface area contributed by atoms with E-state index in [1.807, 2.05) is 30.3 Å². The molecule has 0 bridgehead atoms. The van der Waals surface area contributed by atoms with Gasteiger partial charge in [0, 0.05) is 30.7 Å². The van der Waals surface area contributed by atoms with Gasteiger partial charge in [0.25, 0.3) is 5.91 Å². The molecule has 1 aliphatic rings. The van der Waals surface area contributed by atoms with Crippen molar-refractivity contribution in [3.63, 3.8) is 0 Å². The fraction of sp³-hybridized carbons (Fsp3) is 0.400. The molecule has 0 spiro atoms. The maximum Gasteiger partial charge on any atom is 0.267 e. The van der Waals surface area contributed by atoms with E-state index in [9.17, 15) is 4.79 Å². The number of para-hydroxylation sites is 1. The molecule has 19 heavy (non-hydrogen) atoms. The Hall–Kier alpha value is -1.81.